The fraction of sp³-hybridized carbons (Fsp3) is 0.150. The number of nitrogens with one attached hydrogen (secondary N) is 2. The zero-order valence-corrected chi connectivity index (χ0v) is 15.3. The smallest absolute Gasteiger partial charge is 0.331 e. The van der Waals surface area contributed by atoms with Gasteiger partial charge in [0.15, 0.2) is 6.61 Å². The average Bonchev–Trinajstić information content (AvgIpc) is 2.65. The molecule has 8 heteroatoms. The number of anilines is 2. The topological polar surface area (TPSA) is 93.7 Å². The number of hydrogen-bond acceptors (Lipinski definition) is 5. The van der Waals surface area contributed by atoms with Crippen LogP contribution in [0.4, 0.5) is 15.8 Å². The van der Waals surface area contributed by atoms with Gasteiger partial charge in [-0.15, -0.1) is 0 Å². The molecule has 0 atom stereocenters. The molecule has 2 aromatic carbocycles. The Balaban J connectivity index is 1.94. The van der Waals surface area contributed by atoms with Crippen molar-refractivity contribution in [2.45, 2.75) is 6.92 Å². The van der Waals surface area contributed by atoms with Gasteiger partial charge in [0.05, 0.1) is 12.8 Å². The van der Waals surface area contributed by atoms with Gasteiger partial charge in [0, 0.05) is 24.3 Å². The minimum Gasteiger partial charge on any atom is -0.495 e. The van der Waals surface area contributed by atoms with Crippen molar-refractivity contribution in [2.24, 2.45) is 0 Å². The Morgan fingerprint density at radius 2 is 1.86 bits per heavy atom. The average molecular weight is 386 g/mol. The van der Waals surface area contributed by atoms with E-state index >= 15 is 0 Å². The van der Waals surface area contributed by atoms with Crippen LogP contribution in [-0.4, -0.2) is 31.5 Å². The molecule has 28 heavy (non-hydrogen) atoms. The van der Waals surface area contributed by atoms with E-state index in [2.05, 4.69) is 10.6 Å². The summed E-state index contributed by atoms with van der Waals surface area (Å²) in [6.45, 7) is 0.810. The number of benzene rings is 2. The Morgan fingerprint density at radius 3 is 2.54 bits per heavy atom. The summed E-state index contributed by atoms with van der Waals surface area (Å²) in [6.07, 6.45) is 2.29. The van der Waals surface area contributed by atoms with Crippen LogP contribution in [0.25, 0.3) is 6.08 Å². The molecule has 0 aliphatic heterocycles. The first-order valence-corrected chi connectivity index (χ1v) is 8.24. The second kappa shape index (κ2) is 9.86. The van der Waals surface area contributed by atoms with Crippen LogP contribution >= 0.6 is 0 Å². The largest absolute Gasteiger partial charge is 0.495 e. The maximum atomic E-state index is 13.5. The maximum Gasteiger partial charge on any atom is 0.331 e. The number of esters is 1. The second-order valence-corrected chi connectivity index (χ2v) is 5.61. The van der Waals surface area contributed by atoms with Gasteiger partial charge in [-0.1, -0.05) is 18.2 Å². The van der Waals surface area contributed by atoms with Crippen LogP contribution < -0.4 is 15.4 Å². The molecule has 2 rings (SSSR count). The number of hydrogen-bond donors (Lipinski definition) is 2. The van der Waals surface area contributed by atoms with E-state index in [0.717, 1.165) is 6.08 Å². The molecule has 2 N–H and O–H groups in total. The number of carbonyl (C=O) groups excluding carboxylic acids is 3. The molecule has 0 spiro atoms. The molecule has 2 aromatic rings. The minimum atomic E-state index is -0.794. The van der Waals surface area contributed by atoms with Crippen molar-refractivity contribution in [3.05, 3.63) is 59.9 Å². The van der Waals surface area contributed by atoms with Gasteiger partial charge in [-0.2, -0.15) is 0 Å². The van der Waals surface area contributed by atoms with E-state index in [1.54, 1.807) is 18.2 Å². The van der Waals surface area contributed by atoms with E-state index in [1.165, 1.54) is 44.4 Å². The molecule has 0 heterocycles. The normalized spacial score (nSPS) is 10.4. The van der Waals surface area contributed by atoms with E-state index in [4.69, 9.17) is 9.47 Å². The van der Waals surface area contributed by atoms with Crippen molar-refractivity contribution in [1.29, 1.82) is 0 Å². The van der Waals surface area contributed by atoms with Crippen molar-refractivity contribution in [2.75, 3.05) is 24.4 Å². The molecule has 0 saturated heterocycles. The highest BCUT2D eigenvalue weighted by molar-refractivity contribution is 5.97. The quantitative estimate of drug-likeness (QED) is 0.564. The zero-order valence-electron chi connectivity index (χ0n) is 15.3. The Hall–Kier alpha value is -3.68. The Morgan fingerprint density at radius 1 is 1.11 bits per heavy atom. The minimum absolute atomic E-state index is 0.225. The Bertz CT molecular complexity index is 911. The molecule has 0 bridgehead atoms. The third-order valence-corrected chi connectivity index (χ3v) is 3.44. The summed E-state index contributed by atoms with van der Waals surface area (Å²) in [5.74, 6) is -1.77. The first-order valence-electron chi connectivity index (χ1n) is 8.24. The number of halogens is 1. The summed E-state index contributed by atoms with van der Waals surface area (Å²) < 4.78 is 23.5. The fourth-order valence-electron chi connectivity index (χ4n) is 2.23. The molecule has 0 saturated carbocycles. The summed E-state index contributed by atoms with van der Waals surface area (Å²) in [5, 5.41) is 5.12. The third kappa shape index (κ3) is 6.24. The van der Waals surface area contributed by atoms with Crippen LogP contribution in [0.1, 0.15) is 12.5 Å². The van der Waals surface area contributed by atoms with Crippen LogP contribution in [-0.2, 0) is 19.1 Å². The van der Waals surface area contributed by atoms with Gasteiger partial charge in [-0.25, -0.2) is 9.18 Å². The van der Waals surface area contributed by atoms with Crippen LogP contribution in [0.2, 0.25) is 0 Å². The van der Waals surface area contributed by atoms with E-state index < -0.39 is 24.3 Å². The van der Waals surface area contributed by atoms with Crippen molar-refractivity contribution in [1.82, 2.24) is 0 Å². The summed E-state index contributed by atoms with van der Waals surface area (Å²) >= 11 is 0. The van der Waals surface area contributed by atoms with E-state index in [-0.39, 0.29) is 11.5 Å². The predicted molar refractivity (Wildman–Crippen MR) is 102 cm³/mol. The van der Waals surface area contributed by atoms with E-state index in [9.17, 15) is 18.8 Å². The molecule has 0 fully saturated rings. The Labute approximate surface area is 161 Å². The first kappa shape index (κ1) is 20.6. The van der Waals surface area contributed by atoms with E-state index in [1.807, 2.05) is 0 Å². The second-order valence-electron chi connectivity index (χ2n) is 5.61. The van der Waals surface area contributed by atoms with Gasteiger partial charge in [-0.05, 0) is 30.3 Å². The predicted octanol–water partition coefficient (Wildman–Crippen LogP) is 2.99. The van der Waals surface area contributed by atoms with Crippen molar-refractivity contribution >= 4 is 35.2 Å². The van der Waals surface area contributed by atoms with Gasteiger partial charge >= 0.3 is 5.97 Å². The van der Waals surface area contributed by atoms with Crippen molar-refractivity contribution in [3.63, 3.8) is 0 Å². The highest BCUT2D eigenvalue weighted by Crippen LogP contribution is 2.27. The molecule has 146 valence electrons. The molecule has 7 nitrogen and oxygen atoms in total. The monoisotopic (exact) mass is 386 g/mol. The van der Waals surface area contributed by atoms with Gasteiger partial charge < -0.3 is 20.1 Å². The standard InChI is InChI=1S/C20H19FN2O5/c1-13(24)22-15-8-9-18(27-2)17(11-15)23-19(25)12-28-20(26)10-7-14-5-3-4-6-16(14)21/h3-11H,12H2,1-2H3,(H,22,24)(H,23,25)/b10-7+. The van der Waals surface area contributed by atoms with E-state index in [0.29, 0.717) is 17.1 Å². The molecular weight excluding hydrogens is 367 g/mol. The van der Waals surface area contributed by atoms with Gasteiger partial charge in [-0.3, -0.25) is 9.59 Å². The van der Waals surface area contributed by atoms with Gasteiger partial charge in [0.25, 0.3) is 5.91 Å². The maximum absolute atomic E-state index is 13.5. The highest BCUT2D eigenvalue weighted by atomic mass is 19.1. The lowest BCUT2D eigenvalue weighted by molar-refractivity contribution is -0.142. The molecular formula is C20H19FN2O5. The number of amides is 2. The molecule has 2 amide bonds. The van der Waals surface area contributed by atoms with Crippen LogP contribution in [0.15, 0.2) is 48.5 Å². The van der Waals surface area contributed by atoms with Crippen molar-refractivity contribution in [3.8, 4) is 5.75 Å². The van der Waals surface area contributed by atoms with Crippen molar-refractivity contribution < 1.29 is 28.2 Å². The number of ether oxygens (including phenoxy) is 2. The number of carbonyl (C=O) groups is 3. The van der Waals surface area contributed by atoms with Crippen LogP contribution in [0.5, 0.6) is 5.75 Å². The SMILES string of the molecule is COc1ccc(NC(C)=O)cc1NC(=O)COC(=O)/C=C/c1ccccc1F. The molecule has 0 unspecified atom stereocenters. The van der Waals surface area contributed by atoms with Gasteiger partial charge in [0.2, 0.25) is 5.91 Å². The summed E-state index contributed by atoms with van der Waals surface area (Å²) in [6, 6.07) is 10.6. The lowest BCUT2D eigenvalue weighted by Gasteiger charge is -2.12. The third-order valence-electron chi connectivity index (χ3n) is 3.44. The molecule has 0 aromatic heterocycles. The summed E-state index contributed by atoms with van der Waals surface area (Å²) in [7, 11) is 1.43. The molecule has 0 aliphatic rings. The highest BCUT2D eigenvalue weighted by Gasteiger charge is 2.11. The fourth-order valence-corrected chi connectivity index (χ4v) is 2.23. The zero-order chi connectivity index (χ0) is 20.5. The van der Waals surface area contributed by atoms with Crippen LogP contribution in [0, 0.1) is 5.82 Å². The summed E-state index contributed by atoms with van der Waals surface area (Å²) in [5.41, 5.74) is 0.994. The number of methoxy groups -OCH3 is 1. The lowest BCUT2D eigenvalue weighted by atomic mass is 10.2. The van der Waals surface area contributed by atoms with Gasteiger partial charge in [0.1, 0.15) is 11.6 Å². The van der Waals surface area contributed by atoms with Crippen LogP contribution in [0.3, 0.4) is 0 Å². The molecule has 0 aliphatic carbocycles. The number of rotatable bonds is 7. The lowest BCUT2D eigenvalue weighted by Crippen LogP contribution is -2.20. The summed E-state index contributed by atoms with van der Waals surface area (Å²) in [4.78, 5) is 34.9. The molecule has 0 radical (unpaired) electrons. The first-order chi connectivity index (χ1) is 13.4. The Kier molecular flexibility index (Phi) is 7.27.